The van der Waals surface area contributed by atoms with Crippen molar-refractivity contribution in [3.63, 3.8) is 0 Å². The molecule has 1 rings (SSSR count). The van der Waals surface area contributed by atoms with E-state index in [1.807, 2.05) is 39.5 Å². The number of carbonyl (C=O) groups excluding carboxylic acids is 2. The smallest absolute Gasteiger partial charge is 0.249 e. The molecule has 2 amide bonds. The van der Waals surface area contributed by atoms with E-state index in [1.54, 1.807) is 0 Å². The molecule has 122 valence electrons. The number of rotatable bonds is 5. The van der Waals surface area contributed by atoms with Crippen LogP contribution in [0, 0.1) is 5.41 Å². The molecule has 21 heavy (non-hydrogen) atoms. The summed E-state index contributed by atoms with van der Waals surface area (Å²) in [6.07, 6.45) is 3.21. The van der Waals surface area contributed by atoms with Gasteiger partial charge in [0.05, 0.1) is 0 Å². The second-order valence-corrected chi connectivity index (χ2v) is 7.40. The van der Waals surface area contributed by atoms with Crippen molar-refractivity contribution >= 4 is 11.8 Å². The maximum atomic E-state index is 13.1. The lowest BCUT2D eigenvalue weighted by atomic mass is 9.78. The van der Waals surface area contributed by atoms with Crippen LogP contribution in [0.4, 0.5) is 0 Å². The molecule has 1 fully saturated rings. The highest BCUT2D eigenvalue weighted by atomic mass is 16.2. The van der Waals surface area contributed by atoms with Gasteiger partial charge in [0, 0.05) is 6.04 Å². The molecule has 0 saturated carbocycles. The normalized spacial score (nSPS) is 24.0. The Morgan fingerprint density at radius 3 is 2.10 bits per heavy atom. The maximum absolute atomic E-state index is 13.1. The van der Waals surface area contributed by atoms with Crippen LogP contribution < -0.4 is 5.32 Å². The molecule has 0 bridgehead atoms. The molecule has 0 aromatic rings. The Hall–Kier alpha value is -1.06. The van der Waals surface area contributed by atoms with Gasteiger partial charge in [0.2, 0.25) is 11.8 Å². The molecule has 0 aromatic carbocycles. The van der Waals surface area contributed by atoms with Crippen LogP contribution >= 0.6 is 0 Å². The van der Waals surface area contributed by atoms with E-state index in [-0.39, 0.29) is 23.3 Å². The summed E-state index contributed by atoms with van der Waals surface area (Å²) in [6, 6.07) is -0.298. The maximum Gasteiger partial charge on any atom is 0.249 e. The number of amides is 2. The fourth-order valence-electron chi connectivity index (χ4n) is 3.40. The molecule has 1 aliphatic heterocycles. The zero-order chi connectivity index (χ0) is 16.4. The highest BCUT2D eigenvalue weighted by Gasteiger charge is 2.53. The molecule has 4 heteroatoms. The van der Waals surface area contributed by atoms with Gasteiger partial charge in [0.25, 0.3) is 0 Å². The first-order valence-electron chi connectivity index (χ1n) is 8.29. The summed E-state index contributed by atoms with van der Waals surface area (Å²) in [7, 11) is 0. The van der Waals surface area contributed by atoms with Crippen LogP contribution in [0.15, 0.2) is 0 Å². The van der Waals surface area contributed by atoms with E-state index < -0.39 is 11.6 Å². The summed E-state index contributed by atoms with van der Waals surface area (Å²) < 4.78 is 0. The zero-order valence-electron chi connectivity index (χ0n) is 14.7. The Bertz CT molecular complexity index is 394. The van der Waals surface area contributed by atoms with Crippen molar-refractivity contribution < 1.29 is 9.59 Å². The van der Waals surface area contributed by atoms with E-state index in [0.717, 1.165) is 12.8 Å². The first kappa shape index (κ1) is 18.0. The van der Waals surface area contributed by atoms with Crippen LogP contribution in [0.5, 0.6) is 0 Å². The predicted molar refractivity (Wildman–Crippen MR) is 85.9 cm³/mol. The number of piperazine rings is 1. The van der Waals surface area contributed by atoms with Crippen LogP contribution in [0.1, 0.15) is 74.1 Å². The second kappa shape index (κ2) is 6.37. The molecule has 2 atom stereocenters. The first-order valence-corrected chi connectivity index (χ1v) is 8.29. The Kier molecular flexibility index (Phi) is 5.46. The molecule has 4 nitrogen and oxygen atoms in total. The summed E-state index contributed by atoms with van der Waals surface area (Å²) in [6.45, 7) is 14.2. The highest BCUT2D eigenvalue weighted by Crippen LogP contribution is 2.35. The fraction of sp³-hybridized carbons (Fsp3) is 0.882. The lowest BCUT2D eigenvalue weighted by molar-refractivity contribution is -0.163. The van der Waals surface area contributed by atoms with Crippen LogP contribution in [-0.4, -0.2) is 34.3 Å². The summed E-state index contributed by atoms with van der Waals surface area (Å²) in [5.74, 6) is 0.0849. The average molecular weight is 296 g/mol. The Labute approximate surface area is 129 Å². The van der Waals surface area contributed by atoms with E-state index in [9.17, 15) is 9.59 Å². The van der Waals surface area contributed by atoms with Crippen LogP contribution in [0.3, 0.4) is 0 Å². The SMILES string of the molecule is CCCC(C)N1C(=O)C(CC)(CC)NC(=O)C1C(C)(C)C. The molecule has 0 aliphatic carbocycles. The van der Waals surface area contributed by atoms with Crippen molar-refractivity contribution in [3.8, 4) is 0 Å². The van der Waals surface area contributed by atoms with Gasteiger partial charge in [0.15, 0.2) is 0 Å². The zero-order valence-corrected chi connectivity index (χ0v) is 14.7. The topological polar surface area (TPSA) is 49.4 Å². The van der Waals surface area contributed by atoms with Crippen molar-refractivity contribution in [2.45, 2.75) is 91.8 Å². The fourth-order valence-corrected chi connectivity index (χ4v) is 3.40. The van der Waals surface area contributed by atoms with E-state index in [0.29, 0.717) is 12.8 Å². The van der Waals surface area contributed by atoms with Gasteiger partial charge < -0.3 is 10.2 Å². The van der Waals surface area contributed by atoms with Gasteiger partial charge in [-0.05, 0) is 31.6 Å². The second-order valence-electron chi connectivity index (χ2n) is 7.40. The number of hydrogen-bond acceptors (Lipinski definition) is 2. The van der Waals surface area contributed by atoms with Crippen LogP contribution in [0.2, 0.25) is 0 Å². The molecule has 0 spiro atoms. The summed E-state index contributed by atoms with van der Waals surface area (Å²) in [5.41, 5.74) is -0.990. The highest BCUT2D eigenvalue weighted by molar-refractivity contribution is 6.00. The minimum Gasteiger partial charge on any atom is -0.340 e. The predicted octanol–water partition coefficient (Wildman–Crippen LogP) is 3.11. The van der Waals surface area contributed by atoms with Crippen molar-refractivity contribution in [2.75, 3.05) is 0 Å². The van der Waals surface area contributed by atoms with E-state index >= 15 is 0 Å². The van der Waals surface area contributed by atoms with Crippen molar-refractivity contribution in [1.82, 2.24) is 10.2 Å². The van der Waals surface area contributed by atoms with Crippen LogP contribution in [-0.2, 0) is 9.59 Å². The molecular weight excluding hydrogens is 264 g/mol. The minimum absolute atomic E-state index is 0.00578. The van der Waals surface area contributed by atoms with Gasteiger partial charge in [-0.1, -0.05) is 48.0 Å². The van der Waals surface area contributed by atoms with Crippen molar-refractivity contribution in [1.29, 1.82) is 0 Å². The summed E-state index contributed by atoms with van der Waals surface area (Å²) in [5, 5.41) is 3.03. The van der Waals surface area contributed by atoms with Gasteiger partial charge >= 0.3 is 0 Å². The lowest BCUT2D eigenvalue weighted by Gasteiger charge is -2.51. The monoisotopic (exact) mass is 296 g/mol. The molecule has 1 aliphatic rings. The van der Waals surface area contributed by atoms with Crippen LogP contribution in [0.25, 0.3) is 0 Å². The van der Waals surface area contributed by atoms with E-state index in [1.165, 1.54) is 0 Å². The molecule has 1 N–H and O–H groups in total. The third kappa shape index (κ3) is 3.24. The van der Waals surface area contributed by atoms with Gasteiger partial charge in [-0.2, -0.15) is 0 Å². The summed E-state index contributed by atoms with van der Waals surface area (Å²) >= 11 is 0. The number of hydrogen-bond donors (Lipinski definition) is 1. The lowest BCUT2D eigenvalue weighted by Crippen LogP contribution is -2.73. The van der Waals surface area contributed by atoms with Gasteiger partial charge in [-0.25, -0.2) is 0 Å². The summed E-state index contributed by atoms with van der Waals surface area (Å²) in [4.78, 5) is 27.7. The largest absolute Gasteiger partial charge is 0.340 e. The standard InChI is InChI=1S/C17H32N2O2/c1-8-11-12(4)19-13(16(5,6)7)14(20)18-17(9-2,10-3)15(19)21/h12-13H,8-11H2,1-7H3,(H,18,20). The first-order chi connectivity index (χ1) is 9.64. The number of nitrogens with zero attached hydrogens (tertiary/aromatic N) is 1. The van der Waals surface area contributed by atoms with Gasteiger partial charge in [-0.3, -0.25) is 9.59 Å². The molecule has 1 saturated heterocycles. The molecule has 1 heterocycles. The van der Waals surface area contributed by atoms with Crippen molar-refractivity contribution in [2.24, 2.45) is 5.41 Å². The molecule has 2 unspecified atom stereocenters. The molecule has 0 radical (unpaired) electrons. The van der Waals surface area contributed by atoms with Crippen molar-refractivity contribution in [3.05, 3.63) is 0 Å². The third-order valence-corrected chi connectivity index (χ3v) is 4.74. The third-order valence-electron chi connectivity index (χ3n) is 4.74. The van der Waals surface area contributed by atoms with E-state index in [2.05, 4.69) is 19.2 Å². The minimum atomic E-state index is -0.721. The Morgan fingerprint density at radius 2 is 1.71 bits per heavy atom. The number of nitrogens with one attached hydrogen (secondary N) is 1. The van der Waals surface area contributed by atoms with Gasteiger partial charge in [-0.15, -0.1) is 0 Å². The van der Waals surface area contributed by atoms with E-state index in [4.69, 9.17) is 0 Å². The quantitative estimate of drug-likeness (QED) is 0.847. The molecular formula is C17H32N2O2. The Balaban J connectivity index is 3.30. The number of carbonyl (C=O) groups is 2. The Morgan fingerprint density at radius 1 is 1.19 bits per heavy atom. The average Bonchev–Trinajstić information content (AvgIpc) is 2.39. The molecule has 0 aromatic heterocycles. The van der Waals surface area contributed by atoms with Gasteiger partial charge in [0.1, 0.15) is 11.6 Å².